The number of nitrogens with one attached hydrogen (secondary N) is 1. The number of methoxy groups -OCH3 is 2. The highest BCUT2D eigenvalue weighted by Crippen LogP contribution is 2.41. The molecule has 0 saturated heterocycles. The maximum atomic E-state index is 12.5. The third kappa shape index (κ3) is 2.93. The van der Waals surface area contributed by atoms with E-state index < -0.39 is 5.97 Å². The number of carboxylic acids is 1. The van der Waals surface area contributed by atoms with Crippen LogP contribution in [0.2, 0.25) is 0 Å². The van der Waals surface area contributed by atoms with Crippen LogP contribution in [-0.4, -0.2) is 43.8 Å². The molecule has 0 bridgehead atoms. The second-order valence-electron chi connectivity index (χ2n) is 4.96. The number of carboxylic acid groups (broad SMARTS) is 1. The third-order valence-electron chi connectivity index (χ3n) is 3.64. The predicted octanol–water partition coefficient (Wildman–Crippen LogP) is 1.72. The third-order valence-corrected chi connectivity index (χ3v) is 3.64. The largest absolute Gasteiger partial charge is 0.493 e. The van der Waals surface area contributed by atoms with Gasteiger partial charge in [0.25, 0.3) is 0 Å². The highest BCUT2D eigenvalue weighted by Gasteiger charge is 2.32. The Hall–Kier alpha value is -2.44. The van der Waals surface area contributed by atoms with Gasteiger partial charge in [0.1, 0.15) is 6.04 Å². The number of anilines is 2. The maximum absolute atomic E-state index is 12.5. The van der Waals surface area contributed by atoms with Crippen LogP contribution in [0.15, 0.2) is 12.1 Å². The predicted molar refractivity (Wildman–Crippen MR) is 81.9 cm³/mol. The van der Waals surface area contributed by atoms with Gasteiger partial charge in [0.05, 0.1) is 32.0 Å². The van der Waals surface area contributed by atoms with Gasteiger partial charge in [0.15, 0.2) is 11.5 Å². The zero-order valence-corrected chi connectivity index (χ0v) is 12.9. The van der Waals surface area contributed by atoms with E-state index in [2.05, 4.69) is 5.32 Å². The van der Waals surface area contributed by atoms with Crippen molar-refractivity contribution in [2.24, 2.45) is 0 Å². The molecule has 1 aliphatic heterocycles. The summed E-state index contributed by atoms with van der Waals surface area (Å²) >= 11 is 0. The number of hydrogen-bond donors (Lipinski definition) is 2. The molecule has 0 aromatic heterocycles. The molecule has 1 heterocycles. The Morgan fingerprint density at radius 3 is 2.50 bits per heavy atom. The van der Waals surface area contributed by atoms with Crippen molar-refractivity contribution in [3.05, 3.63) is 12.1 Å². The van der Waals surface area contributed by atoms with Crippen molar-refractivity contribution in [2.75, 3.05) is 31.0 Å². The first-order chi connectivity index (χ1) is 10.5. The zero-order valence-electron chi connectivity index (χ0n) is 12.9. The summed E-state index contributed by atoms with van der Waals surface area (Å²) in [6.07, 6.45) is 0.492. The molecule has 1 amide bonds. The molecule has 22 heavy (non-hydrogen) atoms. The Morgan fingerprint density at radius 1 is 1.32 bits per heavy atom. The summed E-state index contributed by atoms with van der Waals surface area (Å²) in [6.45, 7) is 2.02. The minimum Gasteiger partial charge on any atom is -0.493 e. The zero-order chi connectivity index (χ0) is 16.3. The second kappa shape index (κ2) is 6.55. The van der Waals surface area contributed by atoms with Crippen LogP contribution in [0.5, 0.6) is 11.5 Å². The van der Waals surface area contributed by atoms with Gasteiger partial charge in [-0.1, -0.05) is 6.92 Å². The van der Waals surface area contributed by atoms with E-state index in [1.165, 1.54) is 19.1 Å². The number of hydrogen-bond acceptors (Lipinski definition) is 5. The topological polar surface area (TPSA) is 88.1 Å². The summed E-state index contributed by atoms with van der Waals surface area (Å²) in [5, 5.41) is 12.1. The molecule has 0 spiro atoms. The van der Waals surface area contributed by atoms with Crippen LogP contribution in [0.1, 0.15) is 19.8 Å². The lowest BCUT2D eigenvalue weighted by molar-refractivity contribution is -0.136. The first kappa shape index (κ1) is 15.9. The molecule has 2 rings (SSSR count). The lowest BCUT2D eigenvalue weighted by Crippen LogP contribution is -2.47. The van der Waals surface area contributed by atoms with E-state index in [0.717, 1.165) is 5.69 Å². The molecular formula is C15H20N2O5. The smallest absolute Gasteiger partial charge is 0.305 e. The van der Waals surface area contributed by atoms with Crippen molar-refractivity contribution in [3.63, 3.8) is 0 Å². The fourth-order valence-corrected chi connectivity index (χ4v) is 2.48. The Morgan fingerprint density at radius 2 is 1.95 bits per heavy atom. The number of benzene rings is 1. The lowest BCUT2D eigenvalue weighted by atomic mass is 10.1. The standard InChI is InChI=1S/C15H20N2O5/c1-4-9-15(20)17(6-5-14(18)19)11-8-13(22-3)12(21-2)7-10(11)16-9/h7-9,16H,4-6H2,1-3H3,(H,18,19). The summed E-state index contributed by atoms with van der Waals surface area (Å²) in [5.74, 6) is -0.0351. The summed E-state index contributed by atoms with van der Waals surface area (Å²) < 4.78 is 10.5. The molecule has 120 valence electrons. The maximum Gasteiger partial charge on any atom is 0.305 e. The summed E-state index contributed by atoms with van der Waals surface area (Å²) in [7, 11) is 3.05. The molecule has 1 aromatic carbocycles. The van der Waals surface area contributed by atoms with Crippen molar-refractivity contribution in [1.82, 2.24) is 0 Å². The van der Waals surface area contributed by atoms with Crippen LogP contribution in [-0.2, 0) is 9.59 Å². The van der Waals surface area contributed by atoms with Crippen LogP contribution in [0.25, 0.3) is 0 Å². The van der Waals surface area contributed by atoms with Crippen molar-refractivity contribution in [2.45, 2.75) is 25.8 Å². The number of rotatable bonds is 6. The van der Waals surface area contributed by atoms with Gasteiger partial charge in [-0.2, -0.15) is 0 Å². The van der Waals surface area contributed by atoms with E-state index in [0.29, 0.717) is 23.6 Å². The van der Waals surface area contributed by atoms with Crippen LogP contribution in [0.4, 0.5) is 11.4 Å². The van der Waals surface area contributed by atoms with Crippen LogP contribution >= 0.6 is 0 Å². The SMILES string of the molecule is CCC1Nc2cc(OC)c(OC)cc2N(CCC(=O)O)C1=O. The number of carbonyl (C=O) groups excluding carboxylic acids is 1. The quantitative estimate of drug-likeness (QED) is 0.832. The second-order valence-corrected chi connectivity index (χ2v) is 4.96. The van der Waals surface area contributed by atoms with Gasteiger partial charge in [-0.25, -0.2) is 0 Å². The molecule has 1 unspecified atom stereocenters. The van der Waals surface area contributed by atoms with E-state index in [-0.39, 0.29) is 24.9 Å². The normalized spacial score (nSPS) is 16.8. The monoisotopic (exact) mass is 308 g/mol. The minimum absolute atomic E-state index is 0.115. The number of carbonyl (C=O) groups is 2. The Labute approximate surface area is 128 Å². The molecule has 0 fully saturated rings. The van der Waals surface area contributed by atoms with E-state index in [9.17, 15) is 9.59 Å². The van der Waals surface area contributed by atoms with Gasteiger partial charge >= 0.3 is 5.97 Å². The number of nitrogens with zero attached hydrogens (tertiary/aromatic N) is 1. The van der Waals surface area contributed by atoms with E-state index >= 15 is 0 Å². The first-order valence-electron chi connectivity index (χ1n) is 7.07. The lowest BCUT2D eigenvalue weighted by Gasteiger charge is -2.35. The number of amides is 1. The molecule has 1 aliphatic rings. The van der Waals surface area contributed by atoms with Gasteiger partial charge in [-0.3, -0.25) is 9.59 Å². The molecule has 0 saturated carbocycles. The Kier molecular flexibility index (Phi) is 4.75. The number of fused-ring (bicyclic) bond motifs is 1. The van der Waals surface area contributed by atoms with E-state index in [1.807, 2.05) is 6.92 Å². The average Bonchev–Trinajstić information content (AvgIpc) is 2.51. The minimum atomic E-state index is -0.943. The summed E-state index contributed by atoms with van der Waals surface area (Å²) in [5.41, 5.74) is 1.34. The molecule has 2 N–H and O–H groups in total. The Balaban J connectivity index is 2.45. The molecule has 7 nitrogen and oxygen atoms in total. The molecule has 0 aliphatic carbocycles. The van der Waals surface area contributed by atoms with Gasteiger partial charge in [0.2, 0.25) is 5.91 Å². The fraction of sp³-hybridized carbons (Fsp3) is 0.467. The van der Waals surface area contributed by atoms with E-state index in [1.54, 1.807) is 12.1 Å². The summed E-state index contributed by atoms with van der Waals surface area (Å²) in [4.78, 5) is 24.8. The summed E-state index contributed by atoms with van der Waals surface area (Å²) in [6, 6.07) is 3.07. The van der Waals surface area contributed by atoms with Gasteiger partial charge in [0, 0.05) is 18.7 Å². The van der Waals surface area contributed by atoms with E-state index in [4.69, 9.17) is 14.6 Å². The van der Waals surface area contributed by atoms with Crippen molar-refractivity contribution in [1.29, 1.82) is 0 Å². The van der Waals surface area contributed by atoms with Crippen molar-refractivity contribution in [3.8, 4) is 11.5 Å². The van der Waals surface area contributed by atoms with Crippen molar-refractivity contribution >= 4 is 23.3 Å². The first-order valence-corrected chi connectivity index (χ1v) is 7.07. The molecule has 1 aromatic rings. The van der Waals surface area contributed by atoms with Gasteiger partial charge in [-0.15, -0.1) is 0 Å². The molecule has 7 heteroatoms. The van der Waals surface area contributed by atoms with Gasteiger partial charge < -0.3 is 24.8 Å². The fourth-order valence-electron chi connectivity index (χ4n) is 2.48. The number of ether oxygens (including phenoxy) is 2. The van der Waals surface area contributed by atoms with Crippen molar-refractivity contribution < 1.29 is 24.2 Å². The van der Waals surface area contributed by atoms with Crippen LogP contribution < -0.4 is 19.7 Å². The average molecular weight is 308 g/mol. The highest BCUT2D eigenvalue weighted by molar-refractivity contribution is 6.05. The molecular weight excluding hydrogens is 288 g/mol. The van der Waals surface area contributed by atoms with Crippen LogP contribution in [0, 0.1) is 0 Å². The highest BCUT2D eigenvalue weighted by atomic mass is 16.5. The Bertz CT molecular complexity index is 588. The number of aliphatic carboxylic acids is 1. The molecule has 0 radical (unpaired) electrons. The molecule has 1 atom stereocenters. The van der Waals surface area contributed by atoms with Crippen LogP contribution in [0.3, 0.4) is 0 Å². The van der Waals surface area contributed by atoms with Gasteiger partial charge in [-0.05, 0) is 6.42 Å².